The largest absolute Gasteiger partial charge is 0.392 e. The Kier molecular flexibility index (Phi) is 9.34. The van der Waals surface area contributed by atoms with Crippen LogP contribution in [0.5, 0.6) is 0 Å². The minimum absolute atomic E-state index is 0.125. The van der Waals surface area contributed by atoms with Gasteiger partial charge >= 0.3 is 0 Å². The van der Waals surface area contributed by atoms with E-state index in [-0.39, 0.29) is 6.61 Å². The van der Waals surface area contributed by atoms with Gasteiger partial charge in [-0.3, -0.25) is 0 Å². The van der Waals surface area contributed by atoms with Crippen LogP contribution >= 0.6 is 43.5 Å². The van der Waals surface area contributed by atoms with E-state index in [9.17, 15) is 0 Å². The predicted molar refractivity (Wildman–Crippen MR) is 103 cm³/mol. The van der Waals surface area contributed by atoms with Gasteiger partial charge < -0.3 is 5.11 Å². The maximum absolute atomic E-state index is 8.83. The van der Waals surface area contributed by atoms with Crippen LogP contribution in [-0.2, 0) is 25.3 Å². The molecule has 0 amide bonds. The second kappa shape index (κ2) is 10.4. The molecule has 2 aromatic carbocycles. The summed E-state index contributed by atoms with van der Waals surface area (Å²) >= 11 is 12.6. The summed E-state index contributed by atoms with van der Waals surface area (Å²) in [5.74, 6) is 0.598. The molecule has 1 nitrogen and oxygen atoms in total. The van der Waals surface area contributed by atoms with Crippen LogP contribution in [0.15, 0.2) is 45.3 Å². The van der Waals surface area contributed by atoms with E-state index in [1.165, 1.54) is 21.2 Å². The van der Waals surface area contributed by atoms with Crippen molar-refractivity contribution in [3.8, 4) is 0 Å². The molecule has 0 fully saturated rings. The predicted octanol–water partition coefficient (Wildman–Crippen LogP) is 6.25. The molecule has 0 aliphatic rings. The van der Waals surface area contributed by atoms with Crippen LogP contribution in [-0.4, -0.2) is 5.11 Å². The van der Waals surface area contributed by atoms with E-state index in [1.54, 1.807) is 0 Å². The summed E-state index contributed by atoms with van der Waals surface area (Å²) in [6.07, 6.45) is 2.04. The maximum atomic E-state index is 8.83. The number of alkyl halides is 1. The molecule has 0 saturated carbocycles. The molecule has 0 bridgehead atoms. The van der Waals surface area contributed by atoms with Crippen molar-refractivity contribution in [1.29, 1.82) is 0 Å². The summed E-state index contributed by atoms with van der Waals surface area (Å²) in [5.41, 5.74) is 4.73. The number of rotatable bonds is 4. The minimum Gasteiger partial charge on any atom is -0.392 e. The third kappa shape index (κ3) is 6.04. The van der Waals surface area contributed by atoms with Crippen molar-refractivity contribution in [3.63, 3.8) is 0 Å². The van der Waals surface area contributed by atoms with Crippen molar-refractivity contribution in [2.45, 2.75) is 39.2 Å². The Bertz CT molecular complexity index is 546. The molecule has 0 aliphatic carbocycles. The fourth-order valence-electron chi connectivity index (χ4n) is 1.98. The van der Waals surface area contributed by atoms with Crippen LogP contribution in [0.25, 0.3) is 0 Å². The molecule has 2 aromatic rings. The lowest BCUT2D eigenvalue weighted by atomic mass is 10.1. The van der Waals surface area contributed by atoms with Gasteiger partial charge in [0, 0.05) is 14.8 Å². The molecular formula is C18H21Br2ClO. The number of benzene rings is 2. The summed E-state index contributed by atoms with van der Waals surface area (Å²) in [5, 5.41) is 8.83. The smallest absolute Gasteiger partial charge is 0.0681 e. The summed E-state index contributed by atoms with van der Waals surface area (Å²) < 4.78 is 2.30. The van der Waals surface area contributed by atoms with Crippen LogP contribution < -0.4 is 0 Å². The fourth-order valence-corrected chi connectivity index (χ4v) is 3.20. The lowest BCUT2D eigenvalue weighted by molar-refractivity contribution is 0.281. The fraction of sp³-hybridized carbons (Fsp3) is 0.333. The highest BCUT2D eigenvalue weighted by molar-refractivity contribution is 9.10. The molecule has 0 saturated heterocycles. The van der Waals surface area contributed by atoms with Gasteiger partial charge in [-0.1, -0.05) is 70.0 Å². The molecule has 2 rings (SSSR count). The van der Waals surface area contributed by atoms with Crippen molar-refractivity contribution >= 4 is 43.5 Å². The molecule has 0 unspecified atom stereocenters. The zero-order chi connectivity index (χ0) is 16.5. The van der Waals surface area contributed by atoms with E-state index in [2.05, 4.69) is 57.8 Å². The summed E-state index contributed by atoms with van der Waals surface area (Å²) in [6, 6.07) is 12.1. The number of hydrogen-bond acceptors (Lipinski definition) is 1. The zero-order valence-electron chi connectivity index (χ0n) is 12.9. The first-order valence-electron chi connectivity index (χ1n) is 7.27. The highest BCUT2D eigenvalue weighted by Gasteiger charge is 1.98. The molecule has 0 heterocycles. The Morgan fingerprint density at radius 3 is 1.73 bits per heavy atom. The Hall–Kier alpha value is -0.350. The molecule has 0 spiro atoms. The second-order valence-corrected chi connectivity index (χ2v) is 6.83. The third-order valence-corrected chi connectivity index (χ3v) is 5.17. The highest BCUT2D eigenvalue weighted by atomic mass is 79.9. The van der Waals surface area contributed by atoms with Gasteiger partial charge in [0.1, 0.15) is 0 Å². The quantitative estimate of drug-likeness (QED) is 0.548. The first-order valence-corrected chi connectivity index (χ1v) is 9.39. The zero-order valence-corrected chi connectivity index (χ0v) is 16.8. The van der Waals surface area contributed by atoms with Gasteiger partial charge in [0.05, 0.1) is 6.61 Å². The van der Waals surface area contributed by atoms with Crippen molar-refractivity contribution in [1.82, 2.24) is 0 Å². The molecular weight excluding hydrogens is 427 g/mol. The van der Waals surface area contributed by atoms with Crippen molar-refractivity contribution in [2.24, 2.45) is 0 Å². The first-order chi connectivity index (χ1) is 10.5. The van der Waals surface area contributed by atoms with Crippen LogP contribution in [0.4, 0.5) is 0 Å². The Labute approximate surface area is 155 Å². The highest BCUT2D eigenvalue weighted by Crippen LogP contribution is 2.20. The monoisotopic (exact) mass is 446 g/mol. The molecule has 0 aromatic heterocycles. The Morgan fingerprint density at radius 1 is 0.864 bits per heavy atom. The minimum atomic E-state index is 0.125. The lowest BCUT2D eigenvalue weighted by Crippen LogP contribution is -1.87. The lowest BCUT2D eigenvalue weighted by Gasteiger charge is -2.02. The summed E-state index contributed by atoms with van der Waals surface area (Å²) in [4.78, 5) is 0. The van der Waals surface area contributed by atoms with Crippen molar-refractivity contribution < 1.29 is 5.11 Å². The average Bonchev–Trinajstić information content (AvgIpc) is 2.56. The maximum Gasteiger partial charge on any atom is 0.0681 e. The Balaban J connectivity index is 0.000000220. The van der Waals surface area contributed by atoms with E-state index in [0.717, 1.165) is 22.9 Å². The van der Waals surface area contributed by atoms with Crippen molar-refractivity contribution in [3.05, 3.63) is 67.6 Å². The van der Waals surface area contributed by atoms with Crippen LogP contribution in [0.3, 0.4) is 0 Å². The third-order valence-electron chi connectivity index (χ3n) is 3.32. The SMILES string of the molecule is CCc1cc(CCl)ccc1Br.CCc1cc(CO)ccc1Br. The van der Waals surface area contributed by atoms with E-state index >= 15 is 0 Å². The van der Waals surface area contributed by atoms with Crippen molar-refractivity contribution in [2.75, 3.05) is 0 Å². The van der Waals surface area contributed by atoms with Crippen LogP contribution in [0.2, 0.25) is 0 Å². The van der Waals surface area contributed by atoms with Gasteiger partial charge in [-0.25, -0.2) is 0 Å². The molecule has 0 atom stereocenters. The molecule has 120 valence electrons. The second-order valence-electron chi connectivity index (χ2n) is 4.85. The Morgan fingerprint density at radius 2 is 1.32 bits per heavy atom. The number of aliphatic hydroxyl groups is 1. The van der Waals surface area contributed by atoms with E-state index in [1.807, 2.05) is 24.3 Å². The first kappa shape index (κ1) is 19.7. The topological polar surface area (TPSA) is 20.2 Å². The standard InChI is InChI=1S/C9H10BrCl.C9H11BrO/c2*1-2-8-5-7(6-11)3-4-9(8)10/h3-5H,2,6H2,1H3;3-5,11H,2,6H2,1H3. The number of hydrogen-bond donors (Lipinski definition) is 1. The number of halogens is 3. The molecule has 1 N–H and O–H groups in total. The number of aryl methyl sites for hydroxylation is 2. The van der Waals surface area contributed by atoms with Gasteiger partial charge in [0.15, 0.2) is 0 Å². The molecule has 0 aliphatic heterocycles. The average molecular weight is 449 g/mol. The molecule has 22 heavy (non-hydrogen) atoms. The van der Waals surface area contributed by atoms with Gasteiger partial charge in [-0.15, -0.1) is 11.6 Å². The van der Waals surface area contributed by atoms with Crippen LogP contribution in [0, 0.1) is 0 Å². The van der Waals surface area contributed by atoms with Gasteiger partial charge in [-0.05, 0) is 47.2 Å². The normalized spacial score (nSPS) is 10.1. The van der Waals surface area contributed by atoms with Gasteiger partial charge in [0.25, 0.3) is 0 Å². The van der Waals surface area contributed by atoms with Crippen LogP contribution in [0.1, 0.15) is 36.1 Å². The molecule has 0 radical (unpaired) electrons. The van der Waals surface area contributed by atoms with Gasteiger partial charge in [-0.2, -0.15) is 0 Å². The van der Waals surface area contributed by atoms with E-state index in [0.29, 0.717) is 5.88 Å². The summed E-state index contributed by atoms with van der Waals surface area (Å²) in [7, 11) is 0. The molecule has 4 heteroatoms. The number of aliphatic hydroxyl groups excluding tert-OH is 1. The van der Waals surface area contributed by atoms with E-state index < -0.39 is 0 Å². The summed E-state index contributed by atoms with van der Waals surface area (Å²) in [6.45, 7) is 4.36. The van der Waals surface area contributed by atoms with Gasteiger partial charge in [0.2, 0.25) is 0 Å². The van der Waals surface area contributed by atoms with E-state index in [4.69, 9.17) is 16.7 Å².